The van der Waals surface area contributed by atoms with Crippen LogP contribution in [0.25, 0.3) is 0 Å². The number of aromatic nitrogens is 1. The molecule has 0 aliphatic carbocycles. The molecule has 13 heavy (non-hydrogen) atoms. The quantitative estimate of drug-likeness (QED) is 0.752. The lowest BCUT2D eigenvalue weighted by atomic mass is 10.3. The van der Waals surface area contributed by atoms with Crippen LogP contribution in [0, 0.1) is 0 Å². The van der Waals surface area contributed by atoms with Crippen molar-refractivity contribution in [1.29, 1.82) is 0 Å². The summed E-state index contributed by atoms with van der Waals surface area (Å²) in [5, 5.41) is 17.7. The Morgan fingerprint density at radius 2 is 2.23 bits per heavy atom. The minimum atomic E-state index is -0.156. The van der Waals surface area contributed by atoms with Gasteiger partial charge in [-0.2, -0.15) is 0 Å². The lowest BCUT2D eigenvalue weighted by molar-refractivity contribution is 0.196. The highest BCUT2D eigenvalue weighted by atomic mass is 35.5. The molecule has 0 bridgehead atoms. The summed E-state index contributed by atoms with van der Waals surface area (Å²) in [7, 11) is 0. The largest absolute Gasteiger partial charge is 0.475 e. The van der Waals surface area contributed by atoms with Gasteiger partial charge in [0.25, 0.3) is 0 Å². The van der Waals surface area contributed by atoms with E-state index in [0.717, 1.165) is 0 Å². The fourth-order valence-electron chi connectivity index (χ4n) is 0.809. The summed E-state index contributed by atoms with van der Waals surface area (Å²) >= 11 is 5.70. The van der Waals surface area contributed by atoms with Crippen molar-refractivity contribution in [1.82, 2.24) is 4.98 Å². The Balaban J connectivity index is 2.74. The summed E-state index contributed by atoms with van der Waals surface area (Å²) in [5.41, 5.74) is 0.560. The first-order valence-electron chi connectivity index (χ1n) is 3.77. The molecule has 5 heteroatoms. The normalized spacial score (nSPS) is 10.1. The van der Waals surface area contributed by atoms with E-state index in [4.69, 9.17) is 26.6 Å². The Morgan fingerprint density at radius 1 is 1.46 bits per heavy atom. The van der Waals surface area contributed by atoms with Crippen LogP contribution in [0.4, 0.5) is 0 Å². The van der Waals surface area contributed by atoms with Gasteiger partial charge in [-0.25, -0.2) is 4.98 Å². The standard InChI is InChI=1S/C8H10ClNO3/c9-7-4-10-8(13-2-1-11)3-6(7)5-12/h3-4,11-12H,1-2,5H2. The molecule has 0 aliphatic rings. The monoisotopic (exact) mass is 203 g/mol. The van der Waals surface area contributed by atoms with Crippen molar-refractivity contribution in [3.63, 3.8) is 0 Å². The summed E-state index contributed by atoms with van der Waals surface area (Å²) in [6.07, 6.45) is 1.40. The molecule has 0 aromatic carbocycles. The van der Waals surface area contributed by atoms with Gasteiger partial charge in [-0.3, -0.25) is 0 Å². The zero-order valence-corrected chi connectivity index (χ0v) is 7.66. The molecule has 4 nitrogen and oxygen atoms in total. The summed E-state index contributed by atoms with van der Waals surface area (Å²) < 4.78 is 5.02. The van der Waals surface area contributed by atoms with Crippen LogP contribution in [0.3, 0.4) is 0 Å². The summed E-state index contributed by atoms with van der Waals surface area (Å²) in [6, 6.07) is 1.54. The Bertz CT molecular complexity index is 280. The Morgan fingerprint density at radius 3 is 2.85 bits per heavy atom. The van der Waals surface area contributed by atoms with Gasteiger partial charge in [0, 0.05) is 17.8 Å². The van der Waals surface area contributed by atoms with Gasteiger partial charge in [-0.15, -0.1) is 0 Å². The maximum atomic E-state index is 8.85. The summed E-state index contributed by atoms with van der Waals surface area (Å²) in [6.45, 7) is -0.0465. The lowest BCUT2D eigenvalue weighted by Gasteiger charge is -2.05. The number of hydrogen-bond donors (Lipinski definition) is 2. The molecule has 0 atom stereocenters. The number of pyridine rings is 1. The van der Waals surface area contributed by atoms with Gasteiger partial charge in [0.15, 0.2) is 0 Å². The molecule has 1 aromatic heterocycles. The van der Waals surface area contributed by atoms with Gasteiger partial charge in [-0.1, -0.05) is 11.6 Å². The van der Waals surface area contributed by atoms with E-state index in [0.29, 0.717) is 16.5 Å². The number of aliphatic hydroxyl groups excluding tert-OH is 2. The van der Waals surface area contributed by atoms with Gasteiger partial charge < -0.3 is 14.9 Å². The fourth-order valence-corrected chi connectivity index (χ4v) is 0.972. The van der Waals surface area contributed by atoms with E-state index < -0.39 is 0 Å². The minimum absolute atomic E-state index is 0.0707. The lowest BCUT2D eigenvalue weighted by Crippen LogP contribution is -2.03. The van der Waals surface area contributed by atoms with Crippen LogP contribution >= 0.6 is 11.6 Å². The van der Waals surface area contributed by atoms with Crippen LogP contribution in [0.2, 0.25) is 5.02 Å². The van der Waals surface area contributed by atoms with E-state index in [1.807, 2.05) is 0 Å². The van der Waals surface area contributed by atoms with Gasteiger partial charge in [0.2, 0.25) is 5.88 Å². The SMILES string of the molecule is OCCOc1cc(CO)c(Cl)cn1. The first kappa shape index (κ1) is 10.2. The molecule has 0 amide bonds. The van der Waals surface area contributed by atoms with Crippen molar-refractivity contribution in [2.45, 2.75) is 6.61 Å². The van der Waals surface area contributed by atoms with Crippen LogP contribution < -0.4 is 4.74 Å². The molecule has 0 unspecified atom stereocenters. The molecular formula is C8H10ClNO3. The van der Waals surface area contributed by atoms with Crippen LogP contribution in [-0.2, 0) is 6.61 Å². The molecule has 0 spiro atoms. The molecule has 0 saturated carbocycles. The van der Waals surface area contributed by atoms with Crippen LogP contribution in [0.5, 0.6) is 5.88 Å². The zero-order valence-electron chi connectivity index (χ0n) is 6.90. The second-order valence-corrected chi connectivity index (χ2v) is 2.75. The molecule has 0 saturated heterocycles. The molecule has 0 radical (unpaired) electrons. The third-order valence-corrected chi connectivity index (χ3v) is 1.76. The molecule has 1 rings (SSSR count). The molecule has 1 heterocycles. The van der Waals surface area contributed by atoms with Crippen molar-refractivity contribution in [3.8, 4) is 5.88 Å². The Labute approximate surface area is 80.8 Å². The van der Waals surface area contributed by atoms with Crippen LogP contribution in [-0.4, -0.2) is 28.4 Å². The van der Waals surface area contributed by atoms with Gasteiger partial charge >= 0.3 is 0 Å². The molecule has 0 fully saturated rings. The number of hydrogen-bond acceptors (Lipinski definition) is 4. The first-order valence-corrected chi connectivity index (χ1v) is 4.14. The Hall–Kier alpha value is -0.840. The van der Waals surface area contributed by atoms with E-state index in [2.05, 4.69) is 4.98 Å². The smallest absolute Gasteiger partial charge is 0.213 e. The maximum absolute atomic E-state index is 8.85. The number of aliphatic hydroxyl groups is 2. The predicted molar refractivity (Wildman–Crippen MR) is 47.8 cm³/mol. The molecule has 72 valence electrons. The van der Waals surface area contributed by atoms with E-state index in [-0.39, 0.29) is 19.8 Å². The second kappa shape index (κ2) is 5.01. The summed E-state index contributed by atoms with van der Waals surface area (Å²) in [4.78, 5) is 3.85. The van der Waals surface area contributed by atoms with Crippen molar-refractivity contribution in [2.24, 2.45) is 0 Å². The van der Waals surface area contributed by atoms with E-state index in [1.165, 1.54) is 12.3 Å². The van der Waals surface area contributed by atoms with Gasteiger partial charge in [0.1, 0.15) is 6.61 Å². The third kappa shape index (κ3) is 2.84. The van der Waals surface area contributed by atoms with E-state index >= 15 is 0 Å². The number of rotatable bonds is 4. The molecule has 1 aromatic rings. The third-order valence-electron chi connectivity index (χ3n) is 1.42. The average molecular weight is 204 g/mol. The van der Waals surface area contributed by atoms with E-state index in [1.54, 1.807) is 0 Å². The number of nitrogens with zero attached hydrogens (tertiary/aromatic N) is 1. The molecule has 2 N–H and O–H groups in total. The highest BCUT2D eigenvalue weighted by Gasteiger charge is 2.02. The minimum Gasteiger partial charge on any atom is -0.475 e. The van der Waals surface area contributed by atoms with Crippen molar-refractivity contribution < 1.29 is 14.9 Å². The van der Waals surface area contributed by atoms with Crippen molar-refractivity contribution in [2.75, 3.05) is 13.2 Å². The van der Waals surface area contributed by atoms with E-state index in [9.17, 15) is 0 Å². The highest BCUT2D eigenvalue weighted by molar-refractivity contribution is 6.31. The highest BCUT2D eigenvalue weighted by Crippen LogP contribution is 2.18. The van der Waals surface area contributed by atoms with Crippen LogP contribution in [0.15, 0.2) is 12.3 Å². The molecule has 0 aliphatic heterocycles. The van der Waals surface area contributed by atoms with Crippen molar-refractivity contribution in [3.05, 3.63) is 22.8 Å². The fraction of sp³-hybridized carbons (Fsp3) is 0.375. The maximum Gasteiger partial charge on any atom is 0.213 e. The topological polar surface area (TPSA) is 62.6 Å². The second-order valence-electron chi connectivity index (χ2n) is 2.34. The number of ether oxygens (including phenoxy) is 1. The van der Waals surface area contributed by atoms with Gasteiger partial charge in [-0.05, 0) is 0 Å². The summed E-state index contributed by atoms with van der Waals surface area (Å²) in [5.74, 6) is 0.350. The predicted octanol–water partition coefficient (Wildman–Crippen LogP) is 0.598. The van der Waals surface area contributed by atoms with Gasteiger partial charge in [0.05, 0.1) is 18.2 Å². The average Bonchev–Trinajstić information content (AvgIpc) is 2.16. The zero-order chi connectivity index (χ0) is 9.68. The van der Waals surface area contributed by atoms with Crippen LogP contribution in [0.1, 0.15) is 5.56 Å². The Kier molecular flexibility index (Phi) is 3.95. The molecular weight excluding hydrogens is 194 g/mol. The first-order chi connectivity index (χ1) is 6.27. The van der Waals surface area contributed by atoms with Crippen molar-refractivity contribution >= 4 is 11.6 Å². The number of halogens is 1.